The second-order valence-corrected chi connectivity index (χ2v) is 4.65. The molecule has 1 aliphatic carbocycles. The molecular weight excluding hydrogens is 202 g/mol. The number of hydrazone groups is 1. The molecule has 0 saturated heterocycles. The second kappa shape index (κ2) is 3.07. The number of carbonyl (C=O) groups excluding carboxylic acids is 1. The predicted octanol–water partition coefficient (Wildman–Crippen LogP) is 1.68. The first-order chi connectivity index (χ1) is 7.69. The van der Waals surface area contributed by atoms with Crippen molar-refractivity contribution in [3.05, 3.63) is 29.6 Å². The summed E-state index contributed by atoms with van der Waals surface area (Å²) in [7, 11) is 0. The molecule has 0 atom stereocenters. The Morgan fingerprint density at radius 1 is 1.50 bits per heavy atom. The summed E-state index contributed by atoms with van der Waals surface area (Å²) in [6, 6.07) is 3.85. The van der Waals surface area contributed by atoms with E-state index in [0.29, 0.717) is 5.57 Å². The monoisotopic (exact) mass is 215 g/mol. The molecule has 0 spiro atoms. The van der Waals surface area contributed by atoms with Crippen molar-refractivity contribution in [2.45, 2.75) is 19.8 Å². The number of amides is 1. The van der Waals surface area contributed by atoms with Crippen LogP contribution in [0.1, 0.15) is 25.5 Å². The van der Waals surface area contributed by atoms with Crippen molar-refractivity contribution in [2.24, 2.45) is 10.5 Å². The van der Waals surface area contributed by atoms with E-state index >= 15 is 0 Å². The zero-order valence-electron chi connectivity index (χ0n) is 9.08. The molecule has 2 heterocycles. The van der Waals surface area contributed by atoms with Crippen molar-refractivity contribution in [3.8, 4) is 0 Å². The summed E-state index contributed by atoms with van der Waals surface area (Å²) in [6.45, 7) is 2.15. The number of carbonyl (C=O) groups is 1. The minimum Gasteiger partial charge on any atom is -0.362 e. The van der Waals surface area contributed by atoms with E-state index < -0.39 is 0 Å². The van der Waals surface area contributed by atoms with Crippen LogP contribution >= 0.6 is 0 Å². The smallest absolute Gasteiger partial charge is 0.273 e. The quantitative estimate of drug-likeness (QED) is 0.724. The lowest BCUT2D eigenvalue weighted by atomic mass is 9.95. The van der Waals surface area contributed by atoms with Gasteiger partial charge in [-0.15, -0.1) is 0 Å². The Morgan fingerprint density at radius 3 is 2.94 bits per heavy atom. The highest BCUT2D eigenvalue weighted by molar-refractivity contribution is 6.29. The Balaban J connectivity index is 1.99. The van der Waals surface area contributed by atoms with Gasteiger partial charge in [0.15, 0.2) is 0 Å². The Morgan fingerprint density at radius 2 is 2.31 bits per heavy atom. The van der Waals surface area contributed by atoms with Crippen LogP contribution in [0.5, 0.6) is 0 Å². The average molecular weight is 215 g/mol. The standard InChI is InChI=1S/C12H13N3O/c1-12(4-5-12)10-9(11(16)15-14-10)7-8-3-2-6-13-8/h2-3,6-7,13H,4-5H2,1H3,(H,15,16). The minimum absolute atomic E-state index is 0.0993. The van der Waals surface area contributed by atoms with Crippen LogP contribution in [0.2, 0.25) is 0 Å². The highest BCUT2D eigenvalue weighted by atomic mass is 16.2. The summed E-state index contributed by atoms with van der Waals surface area (Å²) in [5.41, 5.74) is 5.19. The predicted molar refractivity (Wildman–Crippen MR) is 61.7 cm³/mol. The van der Waals surface area contributed by atoms with Gasteiger partial charge in [0, 0.05) is 17.3 Å². The number of hydrogen-bond acceptors (Lipinski definition) is 2. The van der Waals surface area contributed by atoms with Gasteiger partial charge >= 0.3 is 0 Å². The van der Waals surface area contributed by atoms with Crippen molar-refractivity contribution in [2.75, 3.05) is 0 Å². The van der Waals surface area contributed by atoms with Crippen molar-refractivity contribution in [1.82, 2.24) is 10.4 Å². The summed E-state index contributed by atoms with van der Waals surface area (Å²) in [6.07, 6.45) is 5.94. The summed E-state index contributed by atoms with van der Waals surface area (Å²) in [5, 5.41) is 4.15. The van der Waals surface area contributed by atoms with Crippen LogP contribution in [-0.4, -0.2) is 16.6 Å². The fourth-order valence-corrected chi connectivity index (χ4v) is 1.94. The third-order valence-electron chi connectivity index (χ3n) is 3.26. The topological polar surface area (TPSA) is 57.2 Å². The van der Waals surface area contributed by atoms with Gasteiger partial charge in [-0.25, -0.2) is 5.43 Å². The van der Waals surface area contributed by atoms with E-state index in [2.05, 4.69) is 22.4 Å². The van der Waals surface area contributed by atoms with E-state index in [1.54, 1.807) is 0 Å². The third-order valence-corrected chi connectivity index (χ3v) is 3.26. The number of hydrogen-bond donors (Lipinski definition) is 2. The maximum Gasteiger partial charge on any atom is 0.273 e. The lowest BCUT2D eigenvalue weighted by Gasteiger charge is -2.07. The molecule has 2 N–H and O–H groups in total. The maximum atomic E-state index is 11.7. The lowest BCUT2D eigenvalue weighted by molar-refractivity contribution is -0.116. The van der Waals surface area contributed by atoms with E-state index in [0.717, 1.165) is 24.2 Å². The molecule has 0 bridgehead atoms. The number of aromatic amines is 1. The van der Waals surface area contributed by atoms with E-state index in [-0.39, 0.29) is 11.3 Å². The molecule has 3 rings (SSSR count). The van der Waals surface area contributed by atoms with Gasteiger partial charge in [-0.3, -0.25) is 4.79 Å². The number of aromatic nitrogens is 1. The van der Waals surface area contributed by atoms with Crippen LogP contribution in [0.3, 0.4) is 0 Å². The first-order valence-electron chi connectivity index (χ1n) is 5.43. The summed E-state index contributed by atoms with van der Waals surface area (Å²) >= 11 is 0. The molecule has 1 fully saturated rings. The molecule has 1 aromatic rings. The number of rotatable bonds is 2. The molecule has 16 heavy (non-hydrogen) atoms. The van der Waals surface area contributed by atoms with Gasteiger partial charge in [-0.2, -0.15) is 5.10 Å². The van der Waals surface area contributed by atoms with Crippen molar-refractivity contribution >= 4 is 17.7 Å². The van der Waals surface area contributed by atoms with E-state index in [1.165, 1.54) is 0 Å². The van der Waals surface area contributed by atoms with Gasteiger partial charge in [-0.1, -0.05) is 6.92 Å². The summed E-state index contributed by atoms with van der Waals surface area (Å²) < 4.78 is 0. The molecule has 4 heteroatoms. The fraction of sp³-hybridized carbons (Fsp3) is 0.333. The van der Waals surface area contributed by atoms with Crippen LogP contribution in [0, 0.1) is 5.41 Å². The number of nitrogens with one attached hydrogen (secondary N) is 2. The molecular formula is C12H13N3O. The zero-order valence-corrected chi connectivity index (χ0v) is 9.08. The molecule has 0 unspecified atom stereocenters. The molecule has 0 aromatic carbocycles. The highest BCUT2D eigenvalue weighted by Crippen LogP contribution is 2.49. The van der Waals surface area contributed by atoms with E-state index in [9.17, 15) is 4.79 Å². The SMILES string of the molecule is CC1(C2=NNC(=O)C2=Cc2ccc[nH]2)CC1. The Kier molecular flexibility index (Phi) is 1.80. The van der Waals surface area contributed by atoms with Crippen LogP contribution < -0.4 is 5.43 Å². The number of nitrogens with zero attached hydrogens (tertiary/aromatic N) is 1. The molecule has 4 nitrogen and oxygen atoms in total. The van der Waals surface area contributed by atoms with E-state index in [1.807, 2.05) is 24.4 Å². The number of H-pyrrole nitrogens is 1. The Labute approximate surface area is 93.4 Å². The van der Waals surface area contributed by atoms with Crippen molar-refractivity contribution < 1.29 is 4.79 Å². The van der Waals surface area contributed by atoms with Crippen LogP contribution in [0.4, 0.5) is 0 Å². The molecule has 0 radical (unpaired) electrons. The zero-order chi connectivity index (χ0) is 11.2. The average Bonchev–Trinajstić information content (AvgIpc) is 2.70. The molecule has 1 amide bonds. The normalized spacial score (nSPS) is 24.4. The maximum absolute atomic E-state index is 11.7. The highest BCUT2D eigenvalue weighted by Gasteiger charge is 2.47. The lowest BCUT2D eigenvalue weighted by Crippen LogP contribution is -2.17. The van der Waals surface area contributed by atoms with Gasteiger partial charge < -0.3 is 4.98 Å². The molecule has 2 aliphatic rings. The molecule has 1 aromatic heterocycles. The van der Waals surface area contributed by atoms with Crippen LogP contribution in [-0.2, 0) is 4.79 Å². The summed E-state index contributed by atoms with van der Waals surface area (Å²) in [5.74, 6) is -0.0993. The first kappa shape index (κ1) is 9.39. The van der Waals surface area contributed by atoms with Gasteiger partial charge in [-0.05, 0) is 31.1 Å². The molecule has 1 saturated carbocycles. The van der Waals surface area contributed by atoms with Gasteiger partial charge in [0.25, 0.3) is 5.91 Å². The first-order valence-corrected chi connectivity index (χ1v) is 5.43. The van der Waals surface area contributed by atoms with Gasteiger partial charge in [0.1, 0.15) is 0 Å². The van der Waals surface area contributed by atoms with Crippen LogP contribution in [0.25, 0.3) is 6.08 Å². The van der Waals surface area contributed by atoms with Crippen molar-refractivity contribution in [3.63, 3.8) is 0 Å². The van der Waals surface area contributed by atoms with E-state index in [4.69, 9.17) is 0 Å². The second-order valence-electron chi connectivity index (χ2n) is 4.65. The summed E-state index contributed by atoms with van der Waals surface area (Å²) in [4.78, 5) is 14.7. The minimum atomic E-state index is -0.0993. The Bertz CT molecular complexity index is 492. The van der Waals surface area contributed by atoms with Crippen LogP contribution in [0.15, 0.2) is 29.0 Å². The van der Waals surface area contributed by atoms with Gasteiger partial charge in [0.05, 0.1) is 11.3 Å². The van der Waals surface area contributed by atoms with Gasteiger partial charge in [0.2, 0.25) is 0 Å². The van der Waals surface area contributed by atoms with Crippen molar-refractivity contribution in [1.29, 1.82) is 0 Å². The molecule has 82 valence electrons. The fourth-order valence-electron chi connectivity index (χ4n) is 1.94. The largest absolute Gasteiger partial charge is 0.362 e. The Hall–Kier alpha value is -1.84. The molecule has 1 aliphatic heterocycles. The third kappa shape index (κ3) is 1.38.